The van der Waals surface area contributed by atoms with E-state index in [9.17, 15) is 0 Å². The summed E-state index contributed by atoms with van der Waals surface area (Å²) in [5.41, 5.74) is 21.3. The van der Waals surface area contributed by atoms with E-state index in [1.165, 1.54) is 44.5 Å². The first-order valence-corrected chi connectivity index (χ1v) is 24.9. The average Bonchev–Trinajstić information content (AvgIpc) is 3.79. The van der Waals surface area contributed by atoms with Gasteiger partial charge < -0.3 is 0 Å². The van der Waals surface area contributed by atoms with Gasteiger partial charge in [-0.2, -0.15) is 0 Å². The molecule has 3 heteroatoms. The van der Waals surface area contributed by atoms with E-state index in [0.29, 0.717) is 17.5 Å². The summed E-state index contributed by atoms with van der Waals surface area (Å²) in [7, 11) is 0. The van der Waals surface area contributed by atoms with Gasteiger partial charge in [0.25, 0.3) is 0 Å². The van der Waals surface area contributed by atoms with Crippen molar-refractivity contribution >= 4 is 0 Å². The zero-order valence-electron chi connectivity index (χ0n) is 40.0. The van der Waals surface area contributed by atoms with Crippen LogP contribution < -0.4 is 0 Å². The van der Waals surface area contributed by atoms with Crippen molar-refractivity contribution in [2.75, 3.05) is 0 Å². The Morgan fingerprint density at radius 1 is 0.205 bits per heavy atom. The molecule has 0 amide bonds. The predicted molar refractivity (Wildman–Crippen MR) is 301 cm³/mol. The van der Waals surface area contributed by atoms with Gasteiger partial charge in [-0.05, 0) is 119 Å². The molecule has 1 aliphatic carbocycles. The molecule has 1 aromatic heterocycles. The number of nitrogens with zero attached hydrogens (tertiary/aromatic N) is 3. The fraction of sp³-hybridized carbons (Fsp3) is 0.0143. The van der Waals surface area contributed by atoms with E-state index in [4.69, 9.17) is 15.0 Å². The van der Waals surface area contributed by atoms with E-state index < -0.39 is 5.41 Å². The third-order valence-corrected chi connectivity index (χ3v) is 14.4. The summed E-state index contributed by atoms with van der Waals surface area (Å²) in [5.74, 6) is 1.90. The molecule has 0 N–H and O–H groups in total. The monoisotopic (exact) mass is 929 g/mol. The van der Waals surface area contributed by atoms with E-state index in [-0.39, 0.29) is 0 Å². The molecule has 342 valence electrons. The fourth-order valence-corrected chi connectivity index (χ4v) is 11.1. The van der Waals surface area contributed by atoms with Crippen LogP contribution in [0.4, 0.5) is 0 Å². The van der Waals surface area contributed by atoms with Crippen LogP contribution in [0.5, 0.6) is 0 Å². The molecule has 1 aliphatic rings. The highest BCUT2D eigenvalue weighted by Gasteiger charge is 2.46. The Bertz CT molecular complexity index is 3830. The van der Waals surface area contributed by atoms with Crippen LogP contribution in [-0.4, -0.2) is 15.0 Å². The Hall–Kier alpha value is -9.57. The van der Waals surface area contributed by atoms with Crippen molar-refractivity contribution in [2.24, 2.45) is 0 Å². The van der Waals surface area contributed by atoms with Crippen molar-refractivity contribution in [2.45, 2.75) is 5.41 Å². The lowest BCUT2D eigenvalue weighted by atomic mass is 9.67. The minimum Gasteiger partial charge on any atom is -0.208 e. The zero-order valence-corrected chi connectivity index (χ0v) is 40.0. The highest BCUT2D eigenvalue weighted by atomic mass is 15.0. The Balaban J connectivity index is 0.992. The highest BCUT2D eigenvalue weighted by Crippen LogP contribution is 2.57. The van der Waals surface area contributed by atoms with Gasteiger partial charge in [-0.15, -0.1) is 0 Å². The number of rotatable bonds is 10. The molecule has 0 saturated carbocycles. The summed E-state index contributed by atoms with van der Waals surface area (Å²) >= 11 is 0. The van der Waals surface area contributed by atoms with Crippen molar-refractivity contribution in [3.63, 3.8) is 0 Å². The Morgan fingerprint density at radius 3 is 1.12 bits per heavy atom. The summed E-state index contributed by atoms with van der Waals surface area (Å²) in [4.78, 5) is 15.1. The van der Waals surface area contributed by atoms with Crippen LogP contribution in [-0.2, 0) is 5.41 Å². The molecule has 73 heavy (non-hydrogen) atoms. The number of benzene rings is 11. The lowest BCUT2D eigenvalue weighted by molar-refractivity contribution is 0.768. The first-order chi connectivity index (χ1) is 36.2. The van der Waals surface area contributed by atoms with Crippen molar-refractivity contribution in [3.05, 3.63) is 307 Å². The quantitative estimate of drug-likeness (QED) is 0.137. The maximum Gasteiger partial charge on any atom is 0.164 e. The van der Waals surface area contributed by atoms with Gasteiger partial charge >= 0.3 is 0 Å². The summed E-state index contributed by atoms with van der Waals surface area (Å²) in [6.07, 6.45) is 0. The lowest BCUT2D eigenvalue weighted by Crippen LogP contribution is -2.28. The Morgan fingerprint density at radius 2 is 0.575 bits per heavy atom. The van der Waals surface area contributed by atoms with Gasteiger partial charge in [0.15, 0.2) is 17.5 Å². The van der Waals surface area contributed by atoms with Crippen LogP contribution >= 0.6 is 0 Å². The number of hydrogen-bond donors (Lipinski definition) is 0. The second kappa shape index (κ2) is 18.6. The van der Waals surface area contributed by atoms with E-state index in [1.54, 1.807) is 0 Å². The second-order valence-electron chi connectivity index (χ2n) is 18.7. The van der Waals surface area contributed by atoms with E-state index in [2.05, 4.69) is 224 Å². The van der Waals surface area contributed by atoms with Crippen LogP contribution in [0.3, 0.4) is 0 Å². The summed E-state index contributed by atoms with van der Waals surface area (Å²) in [6.45, 7) is 0. The van der Waals surface area contributed by atoms with Crippen LogP contribution in [0, 0.1) is 0 Å². The van der Waals surface area contributed by atoms with E-state index >= 15 is 0 Å². The minimum absolute atomic E-state index is 0.484. The van der Waals surface area contributed by atoms with Crippen LogP contribution in [0.25, 0.3) is 101 Å². The molecule has 0 spiro atoms. The molecule has 3 nitrogen and oxygen atoms in total. The molecule has 1 heterocycles. The molecule has 11 aromatic carbocycles. The van der Waals surface area contributed by atoms with Crippen molar-refractivity contribution in [3.8, 4) is 101 Å². The summed E-state index contributed by atoms with van der Waals surface area (Å²) < 4.78 is 0. The molecule has 12 aromatic rings. The van der Waals surface area contributed by atoms with Gasteiger partial charge in [0, 0.05) is 16.7 Å². The minimum atomic E-state index is -0.484. The highest BCUT2D eigenvalue weighted by molar-refractivity contribution is 6.00. The lowest BCUT2D eigenvalue weighted by Gasteiger charge is -2.34. The first-order valence-electron chi connectivity index (χ1n) is 24.9. The van der Waals surface area contributed by atoms with Crippen molar-refractivity contribution in [1.82, 2.24) is 15.0 Å². The smallest absolute Gasteiger partial charge is 0.164 e. The van der Waals surface area contributed by atoms with Gasteiger partial charge in [-0.25, -0.2) is 15.0 Å². The molecule has 0 aliphatic heterocycles. The normalized spacial score (nSPS) is 12.2. The number of aromatic nitrogens is 3. The van der Waals surface area contributed by atoms with Gasteiger partial charge in [0.2, 0.25) is 0 Å². The van der Waals surface area contributed by atoms with Crippen LogP contribution in [0.15, 0.2) is 285 Å². The third kappa shape index (κ3) is 7.85. The largest absolute Gasteiger partial charge is 0.208 e. The molecule has 0 atom stereocenters. The molecule has 0 saturated heterocycles. The van der Waals surface area contributed by atoms with E-state index in [0.717, 1.165) is 61.2 Å². The molecular formula is C70H47N3. The predicted octanol–water partition coefficient (Wildman–Crippen LogP) is 17.6. The molecule has 0 bridgehead atoms. The van der Waals surface area contributed by atoms with E-state index in [1.807, 2.05) is 60.7 Å². The molecule has 0 unspecified atom stereocenters. The topological polar surface area (TPSA) is 38.7 Å². The standard InChI is InChI=1S/C70H47N3/c1-7-23-48(24-8-1)57-46-61(54-33-21-31-52(43-54)53-32-22-34-56(44-53)69-72-67(50-27-11-3-12-28-50)71-68(73-69)51-29-13-4-14-30-51)66(49-25-9-2-10-26-49)62(47-57)55-41-42-65-63(45-55)60-39-19-20-40-64(60)70(65,58-35-15-5-16-36-58)59-37-17-6-18-38-59/h1-47H. The van der Waals surface area contributed by atoms with Crippen LogP contribution in [0.1, 0.15) is 22.3 Å². The molecular weight excluding hydrogens is 883 g/mol. The van der Waals surface area contributed by atoms with Gasteiger partial charge in [-0.3, -0.25) is 0 Å². The fourth-order valence-electron chi connectivity index (χ4n) is 11.1. The maximum atomic E-state index is 5.07. The van der Waals surface area contributed by atoms with Gasteiger partial charge in [0.1, 0.15) is 0 Å². The molecule has 0 radical (unpaired) electrons. The number of hydrogen-bond acceptors (Lipinski definition) is 3. The first kappa shape index (κ1) is 43.5. The number of fused-ring (bicyclic) bond motifs is 3. The Kier molecular flexibility index (Phi) is 11.1. The third-order valence-electron chi connectivity index (χ3n) is 14.4. The molecule has 0 fully saturated rings. The second-order valence-corrected chi connectivity index (χ2v) is 18.7. The average molecular weight is 930 g/mol. The van der Waals surface area contributed by atoms with Gasteiger partial charge in [0.05, 0.1) is 5.41 Å². The zero-order chi connectivity index (χ0) is 48.6. The van der Waals surface area contributed by atoms with Crippen molar-refractivity contribution < 1.29 is 0 Å². The SMILES string of the molecule is c1ccc(-c2cc(-c3cccc(-c4cccc(-c5nc(-c6ccccc6)nc(-c6ccccc6)n5)c4)c3)c(-c3ccccc3)c(-c3ccc4c(c3)-c3ccccc3C4(c3ccccc3)c3ccccc3)c2)cc1. The summed E-state index contributed by atoms with van der Waals surface area (Å²) in [5, 5.41) is 0. The summed E-state index contributed by atoms with van der Waals surface area (Å²) in [6, 6.07) is 103. The van der Waals surface area contributed by atoms with Crippen LogP contribution in [0.2, 0.25) is 0 Å². The van der Waals surface area contributed by atoms with Gasteiger partial charge in [-0.1, -0.05) is 255 Å². The Labute approximate surface area is 426 Å². The van der Waals surface area contributed by atoms with Crippen molar-refractivity contribution in [1.29, 1.82) is 0 Å². The molecule has 13 rings (SSSR count). The maximum absolute atomic E-state index is 5.07.